The summed E-state index contributed by atoms with van der Waals surface area (Å²) in [7, 11) is 0. The third-order valence-electron chi connectivity index (χ3n) is 8.70. The molecule has 4 saturated carbocycles. The first-order chi connectivity index (χ1) is 17.5. The Hall–Kier alpha value is -1.14. The van der Waals surface area contributed by atoms with Gasteiger partial charge < -0.3 is 30.4 Å². The monoisotopic (exact) mass is 508 g/mol. The van der Waals surface area contributed by atoms with E-state index in [1.807, 2.05) is 0 Å². The predicted molar refractivity (Wildman–Crippen MR) is 140 cm³/mol. The molecular weight excluding hydrogens is 452 g/mol. The van der Waals surface area contributed by atoms with Gasteiger partial charge in [0.25, 0.3) is 0 Å². The lowest BCUT2D eigenvalue weighted by atomic mass is 9.91. The first-order valence-corrected chi connectivity index (χ1v) is 15.6. The fourth-order valence-electron chi connectivity index (χ4n) is 6.61. The Bertz CT molecular complexity index is 479. The van der Waals surface area contributed by atoms with E-state index in [0.717, 1.165) is 24.2 Å². The van der Waals surface area contributed by atoms with Gasteiger partial charge in [-0.05, 0) is 128 Å². The minimum absolute atomic E-state index is 0.0761. The maximum absolute atomic E-state index is 9.77. The van der Waals surface area contributed by atoms with Crippen molar-refractivity contribution in [2.45, 2.75) is 178 Å². The molecule has 0 atom stereocenters. The Morgan fingerprint density at radius 1 is 0.444 bits per heavy atom. The summed E-state index contributed by atoms with van der Waals surface area (Å²) >= 11 is 0. The number of aliphatic carboxylic acids is 2. The lowest BCUT2D eigenvalue weighted by Crippen LogP contribution is -2.95. The molecule has 4 N–H and O–H groups in total. The van der Waals surface area contributed by atoms with Gasteiger partial charge in [-0.25, -0.2) is 0 Å². The number of unbranched alkanes of at least 4 members (excludes halogenated alkanes) is 1. The number of carbonyl (C=O) groups excluding carboxylic acids is 2. The fourth-order valence-corrected chi connectivity index (χ4v) is 6.61. The lowest BCUT2D eigenvalue weighted by molar-refractivity contribution is -0.726. The van der Waals surface area contributed by atoms with Crippen LogP contribution < -0.4 is 20.8 Å². The molecule has 0 aromatic heterocycles. The Labute approximate surface area is 220 Å². The summed E-state index contributed by atoms with van der Waals surface area (Å²) in [5, 5.41) is 25.0. The van der Waals surface area contributed by atoms with Crippen LogP contribution in [0.1, 0.15) is 154 Å². The average Bonchev–Trinajstić information content (AvgIpc) is 2.90. The van der Waals surface area contributed by atoms with E-state index < -0.39 is 11.9 Å². The zero-order chi connectivity index (χ0) is 25.8. The SMILES string of the molecule is C1CCC([NH2+]C2CCCCC2)CC1.C1CCC([NH2+]C2CCCCC2)CC1.O=C([O-])CCCCC(=O)[O-]. The van der Waals surface area contributed by atoms with Crippen molar-refractivity contribution in [2.75, 3.05) is 0 Å². The van der Waals surface area contributed by atoms with Gasteiger partial charge in [0.15, 0.2) is 0 Å². The zero-order valence-corrected chi connectivity index (χ0v) is 23.1. The van der Waals surface area contributed by atoms with Crippen molar-refractivity contribution in [2.24, 2.45) is 0 Å². The van der Waals surface area contributed by atoms with E-state index in [2.05, 4.69) is 10.6 Å². The van der Waals surface area contributed by atoms with E-state index >= 15 is 0 Å². The molecule has 0 radical (unpaired) electrons. The summed E-state index contributed by atoms with van der Waals surface area (Å²) in [6.07, 6.45) is 30.4. The molecule has 0 aliphatic heterocycles. The molecule has 0 spiro atoms. The minimum atomic E-state index is -1.14. The van der Waals surface area contributed by atoms with E-state index in [4.69, 9.17) is 0 Å². The van der Waals surface area contributed by atoms with E-state index in [1.165, 1.54) is 128 Å². The molecule has 4 aliphatic rings. The number of carboxylic acid groups (broad SMARTS) is 2. The summed E-state index contributed by atoms with van der Waals surface area (Å²) in [4.78, 5) is 19.5. The molecule has 4 fully saturated rings. The zero-order valence-electron chi connectivity index (χ0n) is 23.1. The van der Waals surface area contributed by atoms with Crippen molar-refractivity contribution in [1.82, 2.24) is 0 Å². The second-order valence-electron chi connectivity index (χ2n) is 11.9. The fraction of sp³-hybridized carbons (Fsp3) is 0.933. The predicted octanol–water partition coefficient (Wildman–Crippen LogP) is 2.48. The average molecular weight is 509 g/mol. The summed E-state index contributed by atoms with van der Waals surface area (Å²) in [6, 6.07) is 3.99. The number of rotatable bonds is 9. The molecule has 0 bridgehead atoms. The quantitative estimate of drug-likeness (QED) is 0.466. The number of nitrogens with two attached hydrogens (primary N) is 2. The standard InChI is InChI=1S/2C12H23N.C6H10O4/c2*1-3-7-11(8-4-1)13-12-9-5-2-6-10-12;7-5(8)3-1-2-4-6(9)10/h2*11-13H,1-10H2;1-4H2,(H,7,8)(H,9,10). The van der Waals surface area contributed by atoms with Crippen molar-refractivity contribution in [1.29, 1.82) is 0 Å². The van der Waals surface area contributed by atoms with Crippen LogP contribution >= 0.6 is 0 Å². The van der Waals surface area contributed by atoms with Crippen LogP contribution in [0.25, 0.3) is 0 Å². The molecule has 0 heterocycles. The van der Waals surface area contributed by atoms with Crippen LogP contribution in [0, 0.1) is 0 Å². The Morgan fingerprint density at radius 3 is 0.861 bits per heavy atom. The smallest absolute Gasteiger partial charge is 0.0861 e. The highest BCUT2D eigenvalue weighted by Crippen LogP contribution is 2.19. The normalized spacial score (nSPS) is 22.6. The highest BCUT2D eigenvalue weighted by atomic mass is 16.4. The van der Waals surface area contributed by atoms with E-state index in [0.29, 0.717) is 12.8 Å². The Kier molecular flexibility index (Phi) is 17.2. The van der Waals surface area contributed by atoms with E-state index in [1.54, 1.807) is 0 Å². The topological polar surface area (TPSA) is 113 Å². The molecule has 36 heavy (non-hydrogen) atoms. The number of hydrogen-bond acceptors (Lipinski definition) is 4. The van der Waals surface area contributed by atoms with Gasteiger partial charge in [-0.2, -0.15) is 0 Å². The second-order valence-corrected chi connectivity index (χ2v) is 11.9. The molecule has 210 valence electrons. The molecule has 0 saturated heterocycles. The van der Waals surface area contributed by atoms with E-state index in [9.17, 15) is 19.8 Å². The van der Waals surface area contributed by atoms with Gasteiger partial charge in [0.1, 0.15) is 0 Å². The van der Waals surface area contributed by atoms with Gasteiger partial charge in [-0.15, -0.1) is 0 Å². The summed E-state index contributed by atoms with van der Waals surface area (Å²) in [5.41, 5.74) is 0. The molecular formula is C30H56N2O4. The molecule has 6 nitrogen and oxygen atoms in total. The highest BCUT2D eigenvalue weighted by Gasteiger charge is 2.23. The number of hydrogen-bond donors (Lipinski definition) is 2. The molecule has 6 heteroatoms. The maximum Gasteiger partial charge on any atom is 0.0861 e. The van der Waals surface area contributed by atoms with Crippen molar-refractivity contribution in [3.63, 3.8) is 0 Å². The third-order valence-corrected chi connectivity index (χ3v) is 8.70. The first-order valence-electron chi connectivity index (χ1n) is 15.6. The van der Waals surface area contributed by atoms with Crippen LogP contribution in [-0.4, -0.2) is 36.1 Å². The van der Waals surface area contributed by atoms with Crippen molar-refractivity contribution in [3.05, 3.63) is 0 Å². The van der Waals surface area contributed by atoms with Crippen molar-refractivity contribution < 1.29 is 30.4 Å². The Balaban J connectivity index is 0.000000193. The largest absolute Gasteiger partial charge is 0.550 e. The molecule has 0 amide bonds. The molecule has 0 aromatic carbocycles. The van der Waals surface area contributed by atoms with Gasteiger partial charge in [0.05, 0.1) is 24.2 Å². The highest BCUT2D eigenvalue weighted by molar-refractivity contribution is 5.65. The third kappa shape index (κ3) is 15.9. The lowest BCUT2D eigenvalue weighted by Gasteiger charge is -2.27. The second kappa shape index (κ2) is 19.9. The molecule has 0 aromatic rings. The van der Waals surface area contributed by atoms with Gasteiger partial charge in [-0.1, -0.05) is 25.7 Å². The van der Waals surface area contributed by atoms with E-state index in [-0.39, 0.29) is 12.8 Å². The number of carbonyl (C=O) groups is 2. The van der Waals surface area contributed by atoms with Crippen LogP contribution in [0.4, 0.5) is 0 Å². The minimum Gasteiger partial charge on any atom is -0.550 e. The van der Waals surface area contributed by atoms with Crippen LogP contribution in [0.15, 0.2) is 0 Å². The number of quaternary nitrogens is 2. The van der Waals surface area contributed by atoms with Gasteiger partial charge in [-0.3, -0.25) is 0 Å². The van der Waals surface area contributed by atoms with Gasteiger partial charge in [0.2, 0.25) is 0 Å². The molecule has 4 aliphatic carbocycles. The molecule has 4 rings (SSSR count). The Morgan fingerprint density at radius 2 is 0.667 bits per heavy atom. The first kappa shape index (κ1) is 31.1. The van der Waals surface area contributed by atoms with Crippen molar-refractivity contribution in [3.8, 4) is 0 Å². The van der Waals surface area contributed by atoms with Crippen LogP contribution in [0.2, 0.25) is 0 Å². The van der Waals surface area contributed by atoms with Crippen LogP contribution in [-0.2, 0) is 9.59 Å². The van der Waals surface area contributed by atoms with Crippen LogP contribution in [0.3, 0.4) is 0 Å². The summed E-state index contributed by atoms with van der Waals surface area (Å²) in [6.45, 7) is 0. The summed E-state index contributed by atoms with van der Waals surface area (Å²) in [5.74, 6) is -2.28. The van der Waals surface area contributed by atoms with Gasteiger partial charge >= 0.3 is 0 Å². The van der Waals surface area contributed by atoms with Crippen LogP contribution in [0.5, 0.6) is 0 Å². The van der Waals surface area contributed by atoms with Crippen molar-refractivity contribution >= 4 is 11.9 Å². The maximum atomic E-state index is 9.77. The summed E-state index contributed by atoms with van der Waals surface area (Å²) < 4.78 is 0. The van der Waals surface area contributed by atoms with Gasteiger partial charge in [0, 0.05) is 11.9 Å². The molecule has 0 unspecified atom stereocenters. The number of carboxylic acids is 2.